The number of aromatic nitrogens is 1. The van der Waals surface area contributed by atoms with Gasteiger partial charge in [-0.1, -0.05) is 51.0 Å². The number of fused-ring (bicyclic) bond motifs is 1. The molecule has 0 unspecified atom stereocenters. The molecular weight excluding hydrogens is 434 g/mol. The Balaban J connectivity index is 1.32. The molecule has 1 aromatic carbocycles. The Bertz CT molecular complexity index is 1080. The van der Waals surface area contributed by atoms with Crippen molar-refractivity contribution in [1.29, 1.82) is 0 Å². The summed E-state index contributed by atoms with van der Waals surface area (Å²) >= 11 is 1.49. The lowest BCUT2D eigenvalue weighted by atomic mass is 9.59. The van der Waals surface area contributed by atoms with Gasteiger partial charge in [-0.3, -0.25) is 14.6 Å². The molecule has 1 aliphatic rings. The van der Waals surface area contributed by atoms with Crippen LogP contribution in [0.4, 0.5) is 5.00 Å². The summed E-state index contributed by atoms with van der Waals surface area (Å²) in [5.74, 6) is -0.679. The Hall–Kier alpha value is -2.77. The largest absolute Gasteiger partial charge is 0.461 e. The number of benzene rings is 1. The molecular formula is C26H31N3O3S. The fourth-order valence-corrected chi connectivity index (χ4v) is 5.58. The van der Waals surface area contributed by atoms with Crippen LogP contribution in [0.3, 0.4) is 0 Å². The minimum atomic E-state index is -0.462. The van der Waals surface area contributed by atoms with Crippen molar-refractivity contribution < 1.29 is 14.3 Å². The van der Waals surface area contributed by atoms with Gasteiger partial charge in [-0.05, 0) is 46.9 Å². The first kappa shape index (κ1) is 23.4. The van der Waals surface area contributed by atoms with E-state index in [0.717, 1.165) is 51.9 Å². The molecule has 33 heavy (non-hydrogen) atoms. The molecule has 1 amide bonds. The van der Waals surface area contributed by atoms with E-state index in [4.69, 9.17) is 10.5 Å². The average molecular weight is 466 g/mol. The van der Waals surface area contributed by atoms with E-state index in [2.05, 4.69) is 24.1 Å². The number of nitrogens with zero attached hydrogens (tertiary/aromatic N) is 1. The number of carbonyl (C=O) groups excluding carboxylic acids is 2. The van der Waals surface area contributed by atoms with E-state index >= 15 is 0 Å². The van der Waals surface area contributed by atoms with Crippen molar-refractivity contribution in [2.24, 2.45) is 17.1 Å². The number of rotatable bonds is 9. The molecule has 174 valence electrons. The Morgan fingerprint density at radius 3 is 2.58 bits per heavy atom. The van der Waals surface area contributed by atoms with Gasteiger partial charge in [-0.2, -0.15) is 0 Å². The Morgan fingerprint density at radius 1 is 1.21 bits per heavy atom. The fourth-order valence-electron chi connectivity index (χ4n) is 4.65. The molecule has 2 heterocycles. The number of amides is 1. The van der Waals surface area contributed by atoms with Gasteiger partial charge in [0, 0.05) is 18.9 Å². The maximum absolute atomic E-state index is 12.9. The van der Waals surface area contributed by atoms with Crippen LogP contribution in [0.5, 0.6) is 0 Å². The highest BCUT2D eigenvalue weighted by Gasteiger charge is 2.45. The number of carbonyl (C=O) groups is 2. The highest BCUT2D eigenvalue weighted by molar-refractivity contribution is 7.22. The summed E-state index contributed by atoms with van der Waals surface area (Å²) in [4.78, 5) is 29.4. The van der Waals surface area contributed by atoms with E-state index in [-0.39, 0.29) is 30.9 Å². The topological polar surface area (TPSA) is 94.3 Å². The van der Waals surface area contributed by atoms with E-state index in [1.165, 1.54) is 11.3 Å². The number of anilines is 1. The van der Waals surface area contributed by atoms with Crippen molar-refractivity contribution >= 4 is 38.3 Å². The summed E-state index contributed by atoms with van der Waals surface area (Å²) in [6.45, 7) is 4.84. The molecule has 0 aliphatic heterocycles. The number of nitrogens with one attached hydrogen (secondary N) is 1. The normalized spacial score (nSPS) is 16.2. The number of hydrogen-bond acceptors (Lipinski definition) is 6. The van der Waals surface area contributed by atoms with E-state index in [1.807, 2.05) is 36.4 Å². The summed E-state index contributed by atoms with van der Waals surface area (Å²) in [7, 11) is 0. The summed E-state index contributed by atoms with van der Waals surface area (Å²) in [5.41, 5.74) is 8.00. The summed E-state index contributed by atoms with van der Waals surface area (Å²) in [5, 5.41) is 4.80. The van der Waals surface area contributed by atoms with Crippen LogP contribution in [0.1, 0.15) is 56.6 Å². The van der Waals surface area contributed by atoms with E-state index in [9.17, 15) is 9.59 Å². The second-order valence-corrected chi connectivity index (χ2v) is 10.0. The van der Waals surface area contributed by atoms with Crippen LogP contribution in [-0.4, -0.2) is 23.4 Å². The van der Waals surface area contributed by atoms with Gasteiger partial charge in [0.25, 0.3) is 0 Å². The number of thiophene rings is 1. The first-order chi connectivity index (χ1) is 16.0. The van der Waals surface area contributed by atoms with Gasteiger partial charge in [0.1, 0.15) is 6.61 Å². The molecule has 3 N–H and O–H groups in total. The molecule has 0 radical (unpaired) electrons. The quantitative estimate of drug-likeness (QED) is 0.422. The van der Waals surface area contributed by atoms with Crippen LogP contribution >= 0.6 is 11.3 Å². The van der Waals surface area contributed by atoms with E-state index < -0.39 is 5.92 Å². The van der Waals surface area contributed by atoms with Gasteiger partial charge in [0.05, 0.1) is 21.5 Å². The average Bonchev–Trinajstić information content (AvgIpc) is 3.21. The predicted molar refractivity (Wildman–Crippen MR) is 132 cm³/mol. The third-order valence-electron chi connectivity index (χ3n) is 7.08. The molecule has 7 heteroatoms. The van der Waals surface area contributed by atoms with Gasteiger partial charge < -0.3 is 15.8 Å². The van der Waals surface area contributed by atoms with Crippen molar-refractivity contribution in [3.8, 4) is 0 Å². The second kappa shape index (κ2) is 10.0. The SMILES string of the molecule is CCC1(CC)CC(C(=O)OCc2ccc([C@@H](CN)C(=O)Nc3cc4ccncc4s3)cc2)C1. The molecule has 1 fully saturated rings. The van der Waals surface area contributed by atoms with Gasteiger partial charge in [0.2, 0.25) is 5.91 Å². The van der Waals surface area contributed by atoms with Crippen molar-refractivity contribution in [2.45, 2.75) is 52.1 Å². The molecule has 1 aliphatic carbocycles. The van der Waals surface area contributed by atoms with Gasteiger partial charge in [0.15, 0.2) is 0 Å². The summed E-state index contributed by atoms with van der Waals surface area (Å²) in [6.07, 6.45) is 7.62. The van der Waals surface area contributed by atoms with Crippen LogP contribution in [0, 0.1) is 11.3 Å². The zero-order chi connectivity index (χ0) is 23.4. The fraction of sp³-hybridized carbons (Fsp3) is 0.423. The van der Waals surface area contributed by atoms with E-state index in [1.54, 1.807) is 12.4 Å². The lowest BCUT2D eigenvalue weighted by molar-refractivity contribution is -0.158. The molecule has 1 saturated carbocycles. The number of nitrogens with two attached hydrogens (primary N) is 1. The molecule has 4 rings (SSSR count). The standard InChI is InChI=1S/C26H31N3O3S/c1-3-26(4-2)12-20(13-26)25(31)32-16-17-5-7-18(8-6-17)21(14-27)24(30)29-23-11-19-9-10-28-15-22(19)33-23/h5-11,15,20-21H,3-4,12-14,16,27H2,1-2H3,(H,29,30)/t21-/m1/s1. The number of pyridine rings is 1. The molecule has 0 spiro atoms. The Kier molecular flexibility index (Phi) is 7.10. The van der Waals surface area contributed by atoms with Gasteiger partial charge >= 0.3 is 5.97 Å². The lowest BCUT2D eigenvalue weighted by Gasteiger charge is -2.45. The summed E-state index contributed by atoms with van der Waals surface area (Å²) < 4.78 is 6.57. The minimum Gasteiger partial charge on any atom is -0.461 e. The van der Waals surface area contributed by atoms with Crippen molar-refractivity contribution in [3.63, 3.8) is 0 Å². The third-order valence-corrected chi connectivity index (χ3v) is 8.08. The highest BCUT2D eigenvalue weighted by atomic mass is 32.1. The van der Waals surface area contributed by atoms with Crippen LogP contribution in [0.2, 0.25) is 0 Å². The first-order valence-corrected chi connectivity index (χ1v) is 12.4. The van der Waals surface area contributed by atoms with Crippen molar-refractivity contribution in [1.82, 2.24) is 4.98 Å². The predicted octanol–water partition coefficient (Wildman–Crippen LogP) is 5.24. The molecule has 1 atom stereocenters. The maximum atomic E-state index is 12.9. The molecule has 0 saturated heterocycles. The van der Waals surface area contributed by atoms with Crippen molar-refractivity contribution in [2.75, 3.05) is 11.9 Å². The number of ether oxygens (including phenoxy) is 1. The van der Waals surface area contributed by atoms with Gasteiger partial charge in [-0.25, -0.2) is 0 Å². The molecule has 0 bridgehead atoms. The Morgan fingerprint density at radius 2 is 1.94 bits per heavy atom. The number of hydrogen-bond donors (Lipinski definition) is 2. The van der Waals surface area contributed by atoms with Crippen LogP contribution in [-0.2, 0) is 20.9 Å². The molecule has 2 aromatic heterocycles. The highest BCUT2D eigenvalue weighted by Crippen LogP contribution is 2.51. The van der Waals surface area contributed by atoms with Crippen LogP contribution in [0.15, 0.2) is 48.8 Å². The Labute approximate surface area is 198 Å². The van der Waals surface area contributed by atoms with E-state index in [0.29, 0.717) is 5.41 Å². The number of esters is 1. The lowest BCUT2D eigenvalue weighted by Crippen LogP contribution is -2.41. The minimum absolute atomic E-state index is 0.0270. The molecule has 3 aromatic rings. The molecule has 6 nitrogen and oxygen atoms in total. The van der Waals surface area contributed by atoms with Crippen LogP contribution < -0.4 is 11.1 Å². The van der Waals surface area contributed by atoms with Crippen LogP contribution in [0.25, 0.3) is 10.1 Å². The third kappa shape index (κ3) is 5.09. The zero-order valence-corrected chi connectivity index (χ0v) is 20.0. The summed E-state index contributed by atoms with van der Waals surface area (Å²) in [6, 6.07) is 11.4. The zero-order valence-electron chi connectivity index (χ0n) is 19.2. The smallest absolute Gasteiger partial charge is 0.309 e. The monoisotopic (exact) mass is 465 g/mol. The van der Waals surface area contributed by atoms with Crippen molar-refractivity contribution in [3.05, 3.63) is 59.9 Å². The van der Waals surface area contributed by atoms with Gasteiger partial charge in [-0.15, -0.1) is 11.3 Å². The first-order valence-electron chi connectivity index (χ1n) is 11.6. The maximum Gasteiger partial charge on any atom is 0.309 e. The second-order valence-electron chi connectivity index (χ2n) is 8.96.